The monoisotopic (exact) mass is 507 g/mol. The first-order chi connectivity index (χ1) is 10.7. The van der Waals surface area contributed by atoms with Gasteiger partial charge in [0.2, 0.25) is 0 Å². The molecule has 0 aliphatic carbocycles. The van der Waals surface area contributed by atoms with E-state index in [2.05, 4.69) is 47.8 Å². The average molecular weight is 508 g/mol. The standard InChI is InChI=1S/C15H18BrN5S.HI/c16-13-3-1-2-12(10-13)11-19-14(17)20-5-7-21(8-6-20)15-18-4-9-22-15;/h1-4,9-10H,5-8,11H2,(H2,17,19);1H. The number of nitrogens with zero attached hydrogens (tertiary/aromatic N) is 4. The van der Waals surface area contributed by atoms with E-state index in [0.29, 0.717) is 12.5 Å². The summed E-state index contributed by atoms with van der Waals surface area (Å²) < 4.78 is 1.07. The maximum Gasteiger partial charge on any atom is 0.191 e. The molecule has 1 aromatic heterocycles. The summed E-state index contributed by atoms with van der Waals surface area (Å²) in [6.07, 6.45) is 1.85. The van der Waals surface area contributed by atoms with Crippen LogP contribution < -0.4 is 10.6 Å². The highest BCUT2D eigenvalue weighted by atomic mass is 127. The number of anilines is 1. The zero-order valence-electron chi connectivity index (χ0n) is 12.6. The molecule has 1 aliphatic heterocycles. The maximum atomic E-state index is 6.13. The summed E-state index contributed by atoms with van der Waals surface area (Å²) in [5.41, 5.74) is 7.28. The predicted molar refractivity (Wildman–Crippen MR) is 111 cm³/mol. The van der Waals surface area contributed by atoms with Crippen molar-refractivity contribution in [3.05, 3.63) is 45.9 Å². The molecule has 2 N–H and O–H groups in total. The van der Waals surface area contributed by atoms with Gasteiger partial charge in [-0.2, -0.15) is 0 Å². The van der Waals surface area contributed by atoms with Crippen molar-refractivity contribution < 1.29 is 0 Å². The van der Waals surface area contributed by atoms with Crippen LogP contribution in [0.5, 0.6) is 0 Å². The van der Waals surface area contributed by atoms with Gasteiger partial charge in [-0.25, -0.2) is 9.98 Å². The van der Waals surface area contributed by atoms with E-state index in [4.69, 9.17) is 5.73 Å². The second-order valence-corrected chi connectivity index (χ2v) is 6.88. The summed E-state index contributed by atoms with van der Waals surface area (Å²) in [5.74, 6) is 0.624. The van der Waals surface area contributed by atoms with E-state index in [-0.39, 0.29) is 24.0 Å². The van der Waals surface area contributed by atoms with Crippen LogP contribution >= 0.6 is 51.2 Å². The van der Waals surface area contributed by atoms with Crippen LogP contribution in [0.4, 0.5) is 5.13 Å². The summed E-state index contributed by atoms with van der Waals surface area (Å²) in [4.78, 5) is 13.3. The Morgan fingerprint density at radius 1 is 1.30 bits per heavy atom. The molecule has 0 amide bonds. The van der Waals surface area contributed by atoms with Crippen molar-refractivity contribution in [1.29, 1.82) is 0 Å². The van der Waals surface area contributed by atoms with Gasteiger partial charge in [0.25, 0.3) is 0 Å². The molecule has 23 heavy (non-hydrogen) atoms. The molecule has 0 saturated carbocycles. The molecular weight excluding hydrogens is 489 g/mol. The third-order valence-corrected chi connectivity index (χ3v) is 4.93. The van der Waals surface area contributed by atoms with Crippen molar-refractivity contribution in [3.63, 3.8) is 0 Å². The maximum absolute atomic E-state index is 6.13. The van der Waals surface area contributed by atoms with Gasteiger partial charge in [-0.15, -0.1) is 35.3 Å². The SMILES string of the molecule is I.NC(=NCc1cccc(Br)c1)N1CCN(c2nccs2)CC1. The molecule has 5 nitrogen and oxygen atoms in total. The third-order valence-electron chi connectivity index (χ3n) is 3.61. The molecule has 0 spiro atoms. The fraction of sp³-hybridized carbons (Fsp3) is 0.333. The second-order valence-electron chi connectivity index (χ2n) is 5.09. The molecule has 2 heterocycles. The van der Waals surface area contributed by atoms with Gasteiger partial charge in [0.1, 0.15) is 0 Å². The number of halogens is 2. The minimum atomic E-state index is 0. The summed E-state index contributed by atoms with van der Waals surface area (Å²) in [6.45, 7) is 4.24. The van der Waals surface area contributed by atoms with E-state index >= 15 is 0 Å². The molecule has 0 radical (unpaired) electrons. The van der Waals surface area contributed by atoms with Crippen LogP contribution in [-0.4, -0.2) is 42.0 Å². The average Bonchev–Trinajstić information content (AvgIpc) is 3.07. The molecular formula is C15H19BrIN5S. The molecule has 124 valence electrons. The summed E-state index contributed by atoms with van der Waals surface area (Å²) in [5, 5.41) is 3.10. The van der Waals surface area contributed by atoms with Crippen molar-refractivity contribution in [2.75, 3.05) is 31.1 Å². The summed E-state index contributed by atoms with van der Waals surface area (Å²) >= 11 is 5.15. The molecule has 2 aromatic rings. The number of hydrogen-bond acceptors (Lipinski definition) is 4. The molecule has 0 unspecified atom stereocenters. The van der Waals surface area contributed by atoms with Crippen molar-refractivity contribution >= 4 is 62.3 Å². The lowest BCUT2D eigenvalue weighted by atomic mass is 10.2. The summed E-state index contributed by atoms with van der Waals surface area (Å²) in [6, 6.07) is 8.14. The molecule has 1 aromatic carbocycles. The van der Waals surface area contributed by atoms with Crippen LogP contribution in [0.2, 0.25) is 0 Å². The van der Waals surface area contributed by atoms with Crippen LogP contribution in [0.1, 0.15) is 5.56 Å². The van der Waals surface area contributed by atoms with Gasteiger partial charge in [0, 0.05) is 42.2 Å². The van der Waals surface area contributed by atoms with Crippen molar-refractivity contribution in [3.8, 4) is 0 Å². The van der Waals surface area contributed by atoms with Crippen LogP contribution in [0.3, 0.4) is 0 Å². The lowest BCUT2D eigenvalue weighted by Gasteiger charge is -2.35. The molecule has 1 saturated heterocycles. The van der Waals surface area contributed by atoms with E-state index in [1.807, 2.05) is 23.7 Å². The Balaban J connectivity index is 0.00000192. The minimum Gasteiger partial charge on any atom is -0.370 e. The highest BCUT2D eigenvalue weighted by Crippen LogP contribution is 2.19. The summed E-state index contributed by atoms with van der Waals surface area (Å²) in [7, 11) is 0. The van der Waals surface area contributed by atoms with Gasteiger partial charge in [0.05, 0.1) is 6.54 Å². The Morgan fingerprint density at radius 2 is 2.09 bits per heavy atom. The molecule has 1 aliphatic rings. The van der Waals surface area contributed by atoms with Gasteiger partial charge < -0.3 is 15.5 Å². The lowest BCUT2D eigenvalue weighted by Crippen LogP contribution is -2.51. The number of benzene rings is 1. The van der Waals surface area contributed by atoms with Crippen molar-refractivity contribution in [2.24, 2.45) is 10.7 Å². The van der Waals surface area contributed by atoms with Gasteiger partial charge in [0.15, 0.2) is 11.1 Å². The molecule has 8 heteroatoms. The fourth-order valence-corrected chi connectivity index (χ4v) is 3.55. The zero-order chi connectivity index (χ0) is 15.4. The largest absolute Gasteiger partial charge is 0.370 e. The topological polar surface area (TPSA) is 57.8 Å². The number of rotatable bonds is 3. The molecule has 1 fully saturated rings. The van der Waals surface area contributed by atoms with Crippen molar-refractivity contribution in [2.45, 2.75) is 6.54 Å². The Morgan fingerprint density at radius 3 is 2.74 bits per heavy atom. The normalized spacial score (nSPS) is 15.4. The van der Waals surface area contributed by atoms with Crippen LogP contribution in [0.25, 0.3) is 0 Å². The molecule has 0 atom stereocenters. The number of aliphatic imine (C=N–C) groups is 1. The Kier molecular flexibility index (Phi) is 7.09. The van der Waals surface area contributed by atoms with Gasteiger partial charge in [-0.1, -0.05) is 28.1 Å². The number of thiazole rings is 1. The Labute approximate surface area is 165 Å². The van der Waals surface area contributed by atoms with Crippen molar-refractivity contribution in [1.82, 2.24) is 9.88 Å². The number of hydrogen-bond donors (Lipinski definition) is 1. The van der Waals surface area contributed by atoms with Crippen LogP contribution in [-0.2, 0) is 6.54 Å². The first-order valence-electron chi connectivity index (χ1n) is 7.16. The number of nitrogens with two attached hydrogens (primary N) is 1. The quantitative estimate of drug-likeness (QED) is 0.394. The third kappa shape index (κ3) is 5.05. The van der Waals surface area contributed by atoms with Gasteiger partial charge in [-0.05, 0) is 17.7 Å². The highest BCUT2D eigenvalue weighted by Gasteiger charge is 2.19. The van der Waals surface area contributed by atoms with E-state index in [0.717, 1.165) is 41.3 Å². The minimum absolute atomic E-state index is 0. The second kappa shape index (κ2) is 8.84. The fourth-order valence-electron chi connectivity index (χ4n) is 2.41. The van der Waals surface area contributed by atoms with Crippen LogP contribution in [0, 0.1) is 0 Å². The van der Waals surface area contributed by atoms with E-state index < -0.39 is 0 Å². The number of aromatic nitrogens is 1. The molecule has 3 rings (SSSR count). The molecule has 0 bridgehead atoms. The Hall–Kier alpha value is -0.870. The first kappa shape index (κ1) is 18.5. The van der Waals surface area contributed by atoms with E-state index in [1.165, 1.54) is 0 Å². The lowest BCUT2D eigenvalue weighted by molar-refractivity contribution is 0.380. The first-order valence-corrected chi connectivity index (χ1v) is 8.83. The smallest absolute Gasteiger partial charge is 0.191 e. The van der Waals surface area contributed by atoms with Gasteiger partial charge >= 0.3 is 0 Å². The Bertz CT molecular complexity index is 641. The van der Waals surface area contributed by atoms with E-state index in [1.54, 1.807) is 11.3 Å². The van der Waals surface area contributed by atoms with Crippen LogP contribution in [0.15, 0.2) is 45.3 Å². The predicted octanol–water partition coefficient (Wildman–Crippen LogP) is 3.16. The number of guanidine groups is 1. The van der Waals surface area contributed by atoms with Gasteiger partial charge in [-0.3, -0.25) is 0 Å². The highest BCUT2D eigenvalue weighted by molar-refractivity contribution is 14.0. The number of piperazine rings is 1. The van der Waals surface area contributed by atoms with E-state index in [9.17, 15) is 0 Å². The zero-order valence-corrected chi connectivity index (χ0v) is 17.3.